The molecule has 3 aromatic rings. The standard InChI is InChI=1S/C22H21NO4S/c1-23(14-20-8-5-13-28-20)21(24)16-27-22(25)18-9-11-19(12-10-18)26-15-17-6-3-2-4-7-17/h2-13H,14-16H2,1H3. The maximum absolute atomic E-state index is 12.1. The third-order valence-corrected chi connectivity index (χ3v) is 4.93. The second kappa shape index (κ2) is 9.71. The van der Waals surface area contributed by atoms with Crippen molar-refractivity contribution in [2.24, 2.45) is 0 Å². The Bertz CT molecular complexity index is 892. The number of ether oxygens (including phenoxy) is 2. The zero-order chi connectivity index (χ0) is 19.8. The SMILES string of the molecule is CN(Cc1cccs1)C(=O)COC(=O)c1ccc(OCc2ccccc2)cc1. The Morgan fingerprint density at radius 3 is 2.39 bits per heavy atom. The van der Waals surface area contributed by atoms with E-state index >= 15 is 0 Å². The van der Waals surface area contributed by atoms with Crippen molar-refractivity contribution in [3.05, 3.63) is 88.1 Å². The molecular weight excluding hydrogens is 374 g/mol. The van der Waals surface area contributed by atoms with Crippen LogP contribution >= 0.6 is 11.3 Å². The summed E-state index contributed by atoms with van der Waals surface area (Å²) in [5.74, 6) is -0.121. The number of carbonyl (C=O) groups is 2. The first kappa shape index (κ1) is 19.6. The highest BCUT2D eigenvalue weighted by Gasteiger charge is 2.14. The monoisotopic (exact) mass is 395 g/mol. The molecule has 0 bridgehead atoms. The summed E-state index contributed by atoms with van der Waals surface area (Å²) in [5, 5.41) is 1.96. The molecule has 6 heteroatoms. The van der Waals surface area contributed by atoms with Gasteiger partial charge in [0.15, 0.2) is 6.61 Å². The largest absolute Gasteiger partial charge is 0.489 e. The fourth-order valence-electron chi connectivity index (χ4n) is 2.47. The molecule has 0 aliphatic carbocycles. The van der Waals surface area contributed by atoms with Gasteiger partial charge in [-0.1, -0.05) is 36.4 Å². The van der Waals surface area contributed by atoms with Crippen molar-refractivity contribution in [1.82, 2.24) is 4.90 Å². The van der Waals surface area contributed by atoms with Gasteiger partial charge in [-0.3, -0.25) is 4.79 Å². The molecule has 0 aliphatic rings. The van der Waals surface area contributed by atoms with E-state index in [0.29, 0.717) is 24.5 Å². The highest BCUT2D eigenvalue weighted by atomic mass is 32.1. The molecule has 1 amide bonds. The Balaban J connectivity index is 1.45. The molecule has 0 aliphatic heterocycles. The first-order valence-corrected chi connectivity index (χ1v) is 9.70. The Labute approximate surface area is 168 Å². The number of benzene rings is 2. The lowest BCUT2D eigenvalue weighted by Crippen LogP contribution is -2.30. The van der Waals surface area contributed by atoms with Crippen molar-refractivity contribution in [2.45, 2.75) is 13.2 Å². The Morgan fingerprint density at radius 2 is 1.71 bits per heavy atom. The fourth-order valence-corrected chi connectivity index (χ4v) is 3.23. The first-order chi connectivity index (χ1) is 13.6. The zero-order valence-electron chi connectivity index (χ0n) is 15.5. The van der Waals surface area contributed by atoms with Crippen molar-refractivity contribution in [3.63, 3.8) is 0 Å². The van der Waals surface area contributed by atoms with Crippen molar-refractivity contribution in [1.29, 1.82) is 0 Å². The Kier molecular flexibility index (Phi) is 6.81. The number of rotatable bonds is 8. The van der Waals surface area contributed by atoms with Crippen LogP contribution in [-0.4, -0.2) is 30.4 Å². The van der Waals surface area contributed by atoms with E-state index in [1.165, 1.54) is 0 Å². The molecule has 0 saturated heterocycles. The van der Waals surface area contributed by atoms with Crippen molar-refractivity contribution < 1.29 is 19.1 Å². The molecule has 28 heavy (non-hydrogen) atoms. The molecule has 3 rings (SSSR count). The van der Waals surface area contributed by atoms with E-state index in [-0.39, 0.29) is 12.5 Å². The highest BCUT2D eigenvalue weighted by molar-refractivity contribution is 7.09. The summed E-state index contributed by atoms with van der Waals surface area (Å²) in [7, 11) is 1.69. The van der Waals surface area contributed by atoms with E-state index in [9.17, 15) is 9.59 Å². The number of nitrogens with zero attached hydrogens (tertiary/aromatic N) is 1. The average molecular weight is 395 g/mol. The van der Waals surface area contributed by atoms with E-state index in [2.05, 4.69) is 0 Å². The van der Waals surface area contributed by atoms with E-state index in [4.69, 9.17) is 9.47 Å². The van der Waals surface area contributed by atoms with Crippen LogP contribution in [0.5, 0.6) is 5.75 Å². The second-order valence-electron chi connectivity index (χ2n) is 6.20. The van der Waals surface area contributed by atoms with Crippen LogP contribution in [-0.2, 0) is 22.7 Å². The van der Waals surface area contributed by atoms with E-state index in [1.54, 1.807) is 47.5 Å². The molecular formula is C22H21NO4S. The number of likely N-dealkylation sites (N-methyl/N-ethyl adjacent to an activating group) is 1. The van der Waals surface area contributed by atoms with Gasteiger partial charge in [-0.25, -0.2) is 4.79 Å². The molecule has 0 N–H and O–H groups in total. The number of esters is 1. The third kappa shape index (κ3) is 5.69. The van der Waals surface area contributed by atoms with Crippen LogP contribution in [0.2, 0.25) is 0 Å². The van der Waals surface area contributed by atoms with Crippen LogP contribution in [0.4, 0.5) is 0 Å². The van der Waals surface area contributed by atoms with Crippen LogP contribution in [0.3, 0.4) is 0 Å². The molecule has 144 valence electrons. The first-order valence-electron chi connectivity index (χ1n) is 8.82. The minimum absolute atomic E-state index is 0.246. The summed E-state index contributed by atoms with van der Waals surface area (Å²) in [6.07, 6.45) is 0. The Morgan fingerprint density at radius 1 is 0.964 bits per heavy atom. The smallest absolute Gasteiger partial charge is 0.338 e. The summed E-state index contributed by atoms with van der Waals surface area (Å²) in [4.78, 5) is 26.9. The van der Waals surface area contributed by atoms with Crippen LogP contribution in [0.1, 0.15) is 20.8 Å². The van der Waals surface area contributed by atoms with Gasteiger partial charge in [-0.2, -0.15) is 0 Å². The molecule has 1 heterocycles. The molecule has 0 atom stereocenters. The fraction of sp³-hybridized carbons (Fsp3) is 0.182. The molecule has 1 aromatic heterocycles. The summed E-state index contributed by atoms with van der Waals surface area (Å²) in [6.45, 7) is 0.671. The van der Waals surface area contributed by atoms with Gasteiger partial charge in [0.25, 0.3) is 5.91 Å². The van der Waals surface area contributed by atoms with Crippen LogP contribution in [0, 0.1) is 0 Å². The minimum atomic E-state index is -0.535. The summed E-state index contributed by atoms with van der Waals surface area (Å²) in [6, 6.07) is 20.4. The molecule has 0 fully saturated rings. The van der Waals surface area contributed by atoms with Gasteiger partial charge >= 0.3 is 5.97 Å². The Hall–Kier alpha value is -3.12. The maximum atomic E-state index is 12.1. The van der Waals surface area contributed by atoms with Gasteiger partial charge in [0, 0.05) is 11.9 Å². The van der Waals surface area contributed by atoms with Gasteiger partial charge in [-0.15, -0.1) is 11.3 Å². The summed E-state index contributed by atoms with van der Waals surface area (Å²) in [5.41, 5.74) is 1.44. The third-order valence-electron chi connectivity index (χ3n) is 4.06. The van der Waals surface area contributed by atoms with Gasteiger partial charge in [0.1, 0.15) is 12.4 Å². The predicted octanol–water partition coefficient (Wildman–Crippen LogP) is 4.14. The van der Waals surface area contributed by atoms with Gasteiger partial charge in [0.2, 0.25) is 0 Å². The van der Waals surface area contributed by atoms with Crippen LogP contribution < -0.4 is 4.74 Å². The number of hydrogen-bond donors (Lipinski definition) is 0. The normalized spacial score (nSPS) is 10.3. The summed E-state index contributed by atoms with van der Waals surface area (Å²) < 4.78 is 10.8. The molecule has 2 aromatic carbocycles. The van der Waals surface area contributed by atoms with Gasteiger partial charge in [-0.05, 0) is 41.3 Å². The highest BCUT2D eigenvalue weighted by Crippen LogP contribution is 2.15. The number of thiophene rings is 1. The maximum Gasteiger partial charge on any atom is 0.338 e. The van der Waals surface area contributed by atoms with Crippen molar-refractivity contribution in [2.75, 3.05) is 13.7 Å². The van der Waals surface area contributed by atoms with Gasteiger partial charge < -0.3 is 14.4 Å². The number of hydrogen-bond acceptors (Lipinski definition) is 5. The average Bonchev–Trinajstić information content (AvgIpc) is 3.24. The van der Waals surface area contributed by atoms with Crippen molar-refractivity contribution in [3.8, 4) is 5.75 Å². The lowest BCUT2D eigenvalue weighted by molar-refractivity contribution is -0.133. The lowest BCUT2D eigenvalue weighted by atomic mass is 10.2. The van der Waals surface area contributed by atoms with E-state index in [1.807, 2.05) is 47.8 Å². The van der Waals surface area contributed by atoms with E-state index < -0.39 is 5.97 Å². The lowest BCUT2D eigenvalue weighted by Gasteiger charge is -2.16. The van der Waals surface area contributed by atoms with E-state index in [0.717, 1.165) is 10.4 Å². The molecule has 0 spiro atoms. The minimum Gasteiger partial charge on any atom is -0.489 e. The molecule has 0 saturated carbocycles. The molecule has 5 nitrogen and oxygen atoms in total. The predicted molar refractivity (Wildman–Crippen MR) is 108 cm³/mol. The van der Waals surface area contributed by atoms with Crippen LogP contribution in [0.25, 0.3) is 0 Å². The number of amides is 1. The topological polar surface area (TPSA) is 55.8 Å². The molecule has 0 radical (unpaired) electrons. The summed E-state index contributed by atoms with van der Waals surface area (Å²) >= 11 is 1.58. The van der Waals surface area contributed by atoms with Crippen LogP contribution in [0.15, 0.2) is 72.1 Å². The molecule has 0 unspecified atom stereocenters. The zero-order valence-corrected chi connectivity index (χ0v) is 16.4. The second-order valence-corrected chi connectivity index (χ2v) is 7.24. The van der Waals surface area contributed by atoms with Crippen molar-refractivity contribution >= 4 is 23.2 Å². The van der Waals surface area contributed by atoms with Gasteiger partial charge in [0.05, 0.1) is 12.1 Å². The quantitative estimate of drug-likeness (QED) is 0.538. The number of carbonyl (C=O) groups excluding carboxylic acids is 2.